The van der Waals surface area contributed by atoms with Crippen LogP contribution in [0.25, 0.3) is 0 Å². The van der Waals surface area contributed by atoms with Gasteiger partial charge in [0, 0.05) is 18.0 Å². The molecule has 1 aromatic rings. The number of amides is 4. The molecule has 4 amide bonds. The van der Waals surface area contributed by atoms with Crippen LogP contribution in [0.1, 0.15) is 17.7 Å². The van der Waals surface area contributed by atoms with Crippen molar-refractivity contribution < 1.29 is 14.7 Å². The highest BCUT2D eigenvalue weighted by Gasteiger charge is 2.46. The fourth-order valence-corrected chi connectivity index (χ4v) is 3.39. The second kappa shape index (κ2) is 5.06. The third-order valence-electron chi connectivity index (χ3n) is 3.81. The first-order valence-electron chi connectivity index (χ1n) is 6.71. The molecule has 3 N–H and O–H groups in total. The fourth-order valence-electron chi connectivity index (χ4n) is 2.49. The van der Waals surface area contributed by atoms with Gasteiger partial charge in [-0.05, 0) is 30.2 Å². The molecular formula is C13H17N3O3S. The van der Waals surface area contributed by atoms with Gasteiger partial charge in [0.15, 0.2) is 0 Å². The number of urea groups is 2. The number of carbonyl (C=O) groups is 2. The lowest BCUT2D eigenvalue weighted by atomic mass is 9.96. The Morgan fingerprint density at radius 1 is 1.60 bits per heavy atom. The summed E-state index contributed by atoms with van der Waals surface area (Å²) in [4.78, 5) is 25.4. The maximum atomic E-state index is 12.0. The minimum Gasteiger partial charge on any atom is -0.382 e. The van der Waals surface area contributed by atoms with Crippen LogP contribution in [0.5, 0.6) is 0 Å². The van der Waals surface area contributed by atoms with Crippen molar-refractivity contribution in [2.75, 3.05) is 19.6 Å². The van der Waals surface area contributed by atoms with Crippen LogP contribution in [0.3, 0.4) is 0 Å². The zero-order valence-corrected chi connectivity index (χ0v) is 11.8. The van der Waals surface area contributed by atoms with Crippen LogP contribution in [0.15, 0.2) is 17.5 Å². The Bertz CT molecular complexity index is 515. The van der Waals surface area contributed by atoms with E-state index in [1.54, 1.807) is 0 Å². The Morgan fingerprint density at radius 3 is 2.95 bits per heavy atom. The molecule has 1 atom stereocenters. The largest absolute Gasteiger partial charge is 0.382 e. The average molecular weight is 295 g/mol. The molecule has 2 aliphatic rings. The second-order valence-electron chi connectivity index (χ2n) is 5.22. The molecule has 1 aliphatic heterocycles. The summed E-state index contributed by atoms with van der Waals surface area (Å²) in [5, 5.41) is 18.0. The van der Waals surface area contributed by atoms with Gasteiger partial charge in [-0.1, -0.05) is 6.07 Å². The molecule has 1 saturated heterocycles. The standard InChI is InChI=1S/C13H17N3O3S/c17-11-14-5-6-16(11)12(18)15-8-13(19,9-3-4-9)10-2-1-7-20-10/h1-2,7,9,19H,3-6,8H2,(H,14,17)(H,15,18)/t13-/m0/s1. The molecule has 0 radical (unpaired) electrons. The number of nitrogens with one attached hydrogen (secondary N) is 2. The quantitative estimate of drug-likeness (QED) is 0.777. The molecular weight excluding hydrogens is 278 g/mol. The molecule has 0 spiro atoms. The van der Waals surface area contributed by atoms with E-state index >= 15 is 0 Å². The first-order chi connectivity index (χ1) is 9.61. The Kier molecular flexibility index (Phi) is 3.39. The van der Waals surface area contributed by atoms with Crippen LogP contribution in [-0.4, -0.2) is 41.7 Å². The normalized spacial score (nSPS) is 21.4. The molecule has 1 aliphatic carbocycles. The number of hydrogen-bond donors (Lipinski definition) is 3. The molecule has 7 heteroatoms. The molecule has 2 fully saturated rings. The van der Waals surface area contributed by atoms with Crippen molar-refractivity contribution in [3.05, 3.63) is 22.4 Å². The summed E-state index contributed by atoms with van der Waals surface area (Å²) < 4.78 is 0. The number of aliphatic hydroxyl groups is 1. The second-order valence-corrected chi connectivity index (χ2v) is 6.17. The molecule has 3 rings (SSSR count). The molecule has 0 unspecified atom stereocenters. The maximum Gasteiger partial charge on any atom is 0.325 e. The number of thiophene rings is 1. The SMILES string of the molecule is O=C1NCCN1C(=O)NC[C@@](O)(c1cccs1)C1CC1. The molecule has 6 nitrogen and oxygen atoms in total. The minimum atomic E-state index is -1.01. The summed E-state index contributed by atoms with van der Waals surface area (Å²) >= 11 is 1.49. The Balaban J connectivity index is 1.66. The maximum absolute atomic E-state index is 12.0. The Hall–Kier alpha value is -1.60. The molecule has 1 aromatic heterocycles. The van der Waals surface area contributed by atoms with E-state index in [0.29, 0.717) is 13.1 Å². The molecule has 0 bridgehead atoms. The number of imide groups is 1. The van der Waals surface area contributed by atoms with E-state index in [2.05, 4.69) is 10.6 Å². The van der Waals surface area contributed by atoms with Crippen molar-refractivity contribution in [3.8, 4) is 0 Å². The van der Waals surface area contributed by atoms with Gasteiger partial charge in [-0.15, -0.1) is 11.3 Å². The molecule has 1 saturated carbocycles. The van der Waals surface area contributed by atoms with Gasteiger partial charge in [-0.25, -0.2) is 14.5 Å². The van der Waals surface area contributed by atoms with Gasteiger partial charge in [-0.2, -0.15) is 0 Å². The van der Waals surface area contributed by atoms with Gasteiger partial charge in [0.05, 0.1) is 6.54 Å². The van der Waals surface area contributed by atoms with Gasteiger partial charge >= 0.3 is 12.1 Å². The topological polar surface area (TPSA) is 81.7 Å². The van der Waals surface area contributed by atoms with Crippen molar-refractivity contribution in [3.63, 3.8) is 0 Å². The monoisotopic (exact) mass is 295 g/mol. The average Bonchev–Trinajstić information content (AvgIpc) is 2.98. The van der Waals surface area contributed by atoms with Crippen molar-refractivity contribution in [2.24, 2.45) is 5.92 Å². The number of rotatable bonds is 4. The van der Waals surface area contributed by atoms with Gasteiger partial charge in [0.2, 0.25) is 0 Å². The molecule has 0 aromatic carbocycles. The van der Waals surface area contributed by atoms with Crippen LogP contribution < -0.4 is 10.6 Å². The van der Waals surface area contributed by atoms with Gasteiger partial charge in [0.1, 0.15) is 5.60 Å². The molecule has 108 valence electrons. The highest BCUT2D eigenvalue weighted by atomic mass is 32.1. The summed E-state index contributed by atoms with van der Waals surface area (Å²) in [6, 6.07) is 2.95. The van der Waals surface area contributed by atoms with Gasteiger partial charge in [0.25, 0.3) is 0 Å². The predicted octanol–water partition coefficient (Wildman–Crippen LogP) is 1.08. The lowest BCUT2D eigenvalue weighted by molar-refractivity contribution is 0.0188. The number of carbonyl (C=O) groups excluding carboxylic acids is 2. The van der Waals surface area contributed by atoms with Gasteiger partial charge in [-0.3, -0.25) is 0 Å². The van der Waals surface area contributed by atoms with E-state index in [0.717, 1.165) is 22.6 Å². The minimum absolute atomic E-state index is 0.140. The Morgan fingerprint density at radius 2 is 2.40 bits per heavy atom. The lowest BCUT2D eigenvalue weighted by Gasteiger charge is -2.28. The van der Waals surface area contributed by atoms with E-state index in [9.17, 15) is 14.7 Å². The predicted molar refractivity (Wildman–Crippen MR) is 74.4 cm³/mol. The summed E-state index contributed by atoms with van der Waals surface area (Å²) in [7, 11) is 0. The highest BCUT2D eigenvalue weighted by molar-refractivity contribution is 7.10. The van der Waals surface area contributed by atoms with Crippen molar-refractivity contribution in [2.45, 2.75) is 18.4 Å². The summed E-state index contributed by atoms with van der Waals surface area (Å²) in [5.41, 5.74) is -1.01. The van der Waals surface area contributed by atoms with Gasteiger partial charge < -0.3 is 15.7 Å². The molecule has 2 heterocycles. The van der Waals surface area contributed by atoms with Crippen LogP contribution >= 0.6 is 11.3 Å². The number of nitrogens with zero attached hydrogens (tertiary/aromatic N) is 1. The third kappa shape index (κ3) is 2.38. The first-order valence-corrected chi connectivity index (χ1v) is 7.59. The van der Waals surface area contributed by atoms with E-state index < -0.39 is 11.6 Å². The van der Waals surface area contributed by atoms with E-state index in [4.69, 9.17) is 0 Å². The van der Waals surface area contributed by atoms with Crippen LogP contribution in [0, 0.1) is 5.92 Å². The van der Waals surface area contributed by atoms with E-state index in [1.165, 1.54) is 11.3 Å². The van der Waals surface area contributed by atoms with Crippen molar-refractivity contribution in [1.82, 2.24) is 15.5 Å². The number of hydrogen-bond acceptors (Lipinski definition) is 4. The first kappa shape index (κ1) is 13.4. The zero-order valence-electron chi connectivity index (χ0n) is 11.0. The van der Waals surface area contributed by atoms with Crippen LogP contribution in [0.2, 0.25) is 0 Å². The molecule has 20 heavy (non-hydrogen) atoms. The smallest absolute Gasteiger partial charge is 0.325 e. The third-order valence-corrected chi connectivity index (χ3v) is 4.85. The van der Waals surface area contributed by atoms with E-state index in [-0.39, 0.29) is 18.5 Å². The zero-order chi connectivity index (χ0) is 14.2. The highest BCUT2D eigenvalue weighted by Crippen LogP contribution is 2.46. The lowest BCUT2D eigenvalue weighted by Crippen LogP contribution is -2.48. The van der Waals surface area contributed by atoms with Crippen molar-refractivity contribution in [1.29, 1.82) is 0 Å². The van der Waals surface area contributed by atoms with Crippen molar-refractivity contribution >= 4 is 23.4 Å². The van der Waals surface area contributed by atoms with Crippen LogP contribution in [-0.2, 0) is 5.60 Å². The van der Waals surface area contributed by atoms with E-state index in [1.807, 2.05) is 17.5 Å². The fraction of sp³-hybridized carbons (Fsp3) is 0.538. The Labute approximate surface area is 120 Å². The summed E-state index contributed by atoms with van der Waals surface area (Å²) in [6.07, 6.45) is 1.93. The summed E-state index contributed by atoms with van der Waals surface area (Å²) in [5.74, 6) is 0.189. The summed E-state index contributed by atoms with van der Waals surface area (Å²) in [6.45, 7) is 0.983. The van der Waals surface area contributed by atoms with Crippen LogP contribution in [0.4, 0.5) is 9.59 Å².